The highest BCUT2D eigenvalue weighted by atomic mass is 35.5. The third kappa shape index (κ3) is 7.71. The third-order valence-electron chi connectivity index (χ3n) is 4.38. The lowest BCUT2D eigenvalue weighted by Crippen LogP contribution is -2.21. The minimum absolute atomic E-state index is 0.0306. The monoisotopic (exact) mass is 469 g/mol. The second kappa shape index (κ2) is 11.5. The number of rotatable bonds is 5. The SMILES string of the molecule is CN1CCc2c(Cl)ccc(C(=O)OCn3cc(Cl)cn3)c2CC1.O=C(O)C=CC(=O)O. The van der Waals surface area contributed by atoms with Gasteiger partial charge in [-0.15, -0.1) is 0 Å². The van der Waals surface area contributed by atoms with Crippen molar-refractivity contribution in [2.45, 2.75) is 19.6 Å². The van der Waals surface area contributed by atoms with E-state index < -0.39 is 11.9 Å². The summed E-state index contributed by atoms with van der Waals surface area (Å²) in [6.07, 6.45) is 5.83. The Hall–Kier alpha value is -2.88. The molecule has 0 saturated carbocycles. The van der Waals surface area contributed by atoms with E-state index in [2.05, 4.69) is 17.0 Å². The first kappa shape index (κ1) is 24.4. The Balaban J connectivity index is 0.000000366. The number of carboxylic acids is 2. The van der Waals surface area contributed by atoms with Gasteiger partial charge in [0.15, 0.2) is 6.73 Å². The highest BCUT2D eigenvalue weighted by molar-refractivity contribution is 6.31. The predicted octanol–water partition coefficient (Wildman–Crippen LogP) is 2.75. The van der Waals surface area contributed by atoms with E-state index in [-0.39, 0.29) is 12.7 Å². The molecule has 3 rings (SSSR count). The molecule has 1 aliphatic heterocycles. The zero-order valence-electron chi connectivity index (χ0n) is 16.6. The molecule has 9 nitrogen and oxygen atoms in total. The fraction of sp³-hybridized carbons (Fsp3) is 0.300. The van der Waals surface area contributed by atoms with Crippen LogP contribution < -0.4 is 0 Å². The van der Waals surface area contributed by atoms with Crippen molar-refractivity contribution in [3.05, 3.63) is 63.4 Å². The van der Waals surface area contributed by atoms with Gasteiger partial charge >= 0.3 is 17.9 Å². The average Bonchev–Trinajstić information content (AvgIpc) is 3.03. The number of carboxylic acid groups (broad SMARTS) is 2. The maximum atomic E-state index is 12.4. The Kier molecular flexibility index (Phi) is 9.04. The summed E-state index contributed by atoms with van der Waals surface area (Å²) >= 11 is 12.1. The minimum Gasteiger partial charge on any atom is -0.478 e. The molecule has 0 bridgehead atoms. The number of carbonyl (C=O) groups excluding carboxylic acids is 1. The van der Waals surface area contributed by atoms with Gasteiger partial charge in [0.05, 0.1) is 16.8 Å². The largest absolute Gasteiger partial charge is 0.478 e. The average molecular weight is 470 g/mol. The van der Waals surface area contributed by atoms with E-state index >= 15 is 0 Å². The molecule has 166 valence electrons. The van der Waals surface area contributed by atoms with Gasteiger partial charge in [0.25, 0.3) is 0 Å². The Morgan fingerprint density at radius 1 is 1.10 bits per heavy atom. The number of esters is 1. The summed E-state index contributed by atoms with van der Waals surface area (Å²) in [6.45, 7) is 1.85. The zero-order valence-corrected chi connectivity index (χ0v) is 18.1. The molecule has 2 N–H and O–H groups in total. The van der Waals surface area contributed by atoms with Crippen LogP contribution in [-0.2, 0) is 33.9 Å². The summed E-state index contributed by atoms with van der Waals surface area (Å²) < 4.78 is 6.82. The number of hydrogen-bond donors (Lipinski definition) is 2. The van der Waals surface area contributed by atoms with E-state index in [1.807, 2.05) is 0 Å². The smallest absolute Gasteiger partial charge is 0.340 e. The number of halogens is 2. The summed E-state index contributed by atoms with van der Waals surface area (Å²) in [5.74, 6) is -2.88. The van der Waals surface area contributed by atoms with Crippen LogP contribution in [0.15, 0.2) is 36.7 Å². The highest BCUT2D eigenvalue weighted by Crippen LogP contribution is 2.27. The Morgan fingerprint density at radius 3 is 2.26 bits per heavy atom. The van der Waals surface area contributed by atoms with Crippen molar-refractivity contribution in [3.63, 3.8) is 0 Å². The number of likely N-dealkylation sites (N-methyl/N-ethyl adjacent to an activating group) is 1. The second-order valence-corrected chi connectivity index (χ2v) is 7.47. The fourth-order valence-electron chi connectivity index (χ4n) is 2.88. The third-order valence-corrected chi connectivity index (χ3v) is 4.93. The first-order chi connectivity index (χ1) is 14.7. The number of benzene rings is 1. The Morgan fingerprint density at radius 2 is 1.71 bits per heavy atom. The summed E-state index contributed by atoms with van der Waals surface area (Å²) in [5.41, 5.74) is 2.62. The number of aliphatic carboxylic acids is 2. The van der Waals surface area contributed by atoms with Crippen LogP contribution in [0, 0.1) is 0 Å². The van der Waals surface area contributed by atoms with E-state index in [1.165, 1.54) is 10.9 Å². The molecule has 1 aromatic heterocycles. The van der Waals surface area contributed by atoms with E-state index in [1.54, 1.807) is 18.3 Å². The van der Waals surface area contributed by atoms with Crippen molar-refractivity contribution < 1.29 is 29.3 Å². The summed E-state index contributed by atoms with van der Waals surface area (Å²) in [4.78, 5) is 33.8. The van der Waals surface area contributed by atoms with Gasteiger partial charge in [0, 0.05) is 36.5 Å². The molecule has 2 heterocycles. The first-order valence-corrected chi connectivity index (χ1v) is 9.90. The molecular formula is C20H21Cl2N3O6. The van der Waals surface area contributed by atoms with Gasteiger partial charge in [-0.2, -0.15) is 5.10 Å². The Bertz CT molecular complexity index is 973. The molecule has 0 saturated heterocycles. The molecule has 31 heavy (non-hydrogen) atoms. The molecule has 2 aromatic rings. The second-order valence-electron chi connectivity index (χ2n) is 6.62. The molecule has 0 spiro atoms. The van der Waals surface area contributed by atoms with E-state index in [0.717, 1.165) is 37.1 Å². The lowest BCUT2D eigenvalue weighted by atomic mass is 9.97. The number of nitrogens with zero attached hydrogens (tertiary/aromatic N) is 3. The summed E-state index contributed by atoms with van der Waals surface area (Å²) in [5, 5.41) is 20.8. The molecule has 0 aliphatic carbocycles. The summed E-state index contributed by atoms with van der Waals surface area (Å²) in [6, 6.07) is 3.51. The van der Waals surface area contributed by atoms with Crippen LogP contribution in [0.1, 0.15) is 21.5 Å². The molecule has 0 atom stereocenters. The molecule has 0 unspecified atom stereocenters. The quantitative estimate of drug-likeness (QED) is 0.506. The summed E-state index contributed by atoms with van der Waals surface area (Å²) in [7, 11) is 2.07. The zero-order chi connectivity index (χ0) is 23.0. The van der Waals surface area contributed by atoms with Gasteiger partial charge in [-0.25, -0.2) is 19.1 Å². The van der Waals surface area contributed by atoms with Crippen molar-refractivity contribution in [2.75, 3.05) is 20.1 Å². The van der Waals surface area contributed by atoms with Gasteiger partial charge in [-0.3, -0.25) is 0 Å². The predicted molar refractivity (Wildman–Crippen MR) is 113 cm³/mol. The fourth-order valence-corrected chi connectivity index (χ4v) is 3.31. The van der Waals surface area contributed by atoms with Crippen molar-refractivity contribution in [3.8, 4) is 0 Å². The molecule has 0 amide bonds. The van der Waals surface area contributed by atoms with Crippen LogP contribution >= 0.6 is 23.2 Å². The number of aromatic nitrogens is 2. The number of ether oxygens (including phenoxy) is 1. The molecule has 0 fully saturated rings. The highest BCUT2D eigenvalue weighted by Gasteiger charge is 2.21. The lowest BCUT2D eigenvalue weighted by Gasteiger charge is -2.13. The van der Waals surface area contributed by atoms with Crippen LogP contribution in [0.5, 0.6) is 0 Å². The Labute approximate surface area is 188 Å². The van der Waals surface area contributed by atoms with Crippen LogP contribution in [0.2, 0.25) is 10.0 Å². The molecular weight excluding hydrogens is 449 g/mol. The van der Waals surface area contributed by atoms with Gasteiger partial charge in [-0.05, 0) is 43.1 Å². The van der Waals surface area contributed by atoms with Crippen molar-refractivity contribution in [2.24, 2.45) is 0 Å². The van der Waals surface area contributed by atoms with Gasteiger partial charge < -0.3 is 19.8 Å². The van der Waals surface area contributed by atoms with E-state index in [4.69, 9.17) is 38.2 Å². The van der Waals surface area contributed by atoms with Crippen molar-refractivity contribution in [1.82, 2.24) is 14.7 Å². The van der Waals surface area contributed by atoms with Gasteiger partial charge in [0.2, 0.25) is 0 Å². The first-order valence-electron chi connectivity index (χ1n) is 9.15. The maximum absolute atomic E-state index is 12.4. The topological polar surface area (TPSA) is 122 Å². The minimum atomic E-state index is -1.26. The van der Waals surface area contributed by atoms with Gasteiger partial charge in [-0.1, -0.05) is 23.2 Å². The number of hydrogen-bond acceptors (Lipinski definition) is 6. The van der Waals surface area contributed by atoms with Crippen LogP contribution in [-0.4, -0.2) is 62.9 Å². The van der Waals surface area contributed by atoms with Crippen LogP contribution in [0.25, 0.3) is 0 Å². The lowest BCUT2D eigenvalue weighted by molar-refractivity contribution is -0.134. The normalized spacial score (nSPS) is 13.6. The molecule has 0 radical (unpaired) electrons. The van der Waals surface area contributed by atoms with E-state index in [0.29, 0.717) is 27.8 Å². The maximum Gasteiger partial charge on any atom is 0.340 e. The van der Waals surface area contributed by atoms with Crippen LogP contribution in [0.3, 0.4) is 0 Å². The molecule has 1 aliphatic rings. The number of carbonyl (C=O) groups is 3. The van der Waals surface area contributed by atoms with Crippen molar-refractivity contribution >= 4 is 41.1 Å². The van der Waals surface area contributed by atoms with E-state index in [9.17, 15) is 14.4 Å². The molecule has 11 heteroatoms. The van der Waals surface area contributed by atoms with Crippen molar-refractivity contribution in [1.29, 1.82) is 0 Å². The standard InChI is InChI=1S/C16H17Cl2N3O2.C4H4O4/c1-20-6-4-12-13(5-7-20)15(18)3-2-14(12)16(22)23-10-21-9-11(17)8-19-21;5-3(6)1-2-4(7)8/h2-3,8-9H,4-7,10H2,1H3;1-2H,(H,5,6)(H,7,8). The van der Waals surface area contributed by atoms with Gasteiger partial charge in [0.1, 0.15) is 0 Å². The number of fused-ring (bicyclic) bond motifs is 1. The molecule has 1 aromatic carbocycles. The van der Waals surface area contributed by atoms with Crippen LogP contribution in [0.4, 0.5) is 0 Å².